The van der Waals surface area contributed by atoms with Gasteiger partial charge in [0.15, 0.2) is 0 Å². The smallest absolute Gasteiger partial charge is 0.252 e. The van der Waals surface area contributed by atoms with Gasteiger partial charge in [-0.1, -0.05) is 24.9 Å². The summed E-state index contributed by atoms with van der Waals surface area (Å²) in [6.07, 6.45) is 1.83. The third-order valence-corrected chi connectivity index (χ3v) is 3.39. The summed E-state index contributed by atoms with van der Waals surface area (Å²) in [4.78, 5) is 11.9. The Kier molecular flexibility index (Phi) is 6.30. The zero-order chi connectivity index (χ0) is 13.5. The highest BCUT2D eigenvalue weighted by molar-refractivity contribution is 6.33. The highest BCUT2D eigenvalue weighted by Crippen LogP contribution is 2.21. The maximum Gasteiger partial charge on any atom is 0.252 e. The second kappa shape index (κ2) is 7.49. The first-order chi connectivity index (χ1) is 8.58. The molecule has 0 aliphatic carbocycles. The Bertz CT molecular complexity index is 410. The van der Waals surface area contributed by atoms with Crippen LogP contribution in [0.1, 0.15) is 30.1 Å². The number of alkyl halides is 1. The minimum atomic E-state index is -0.274. The van der Waals surface area contributed by atoms with Crippen molar-refractivity contribution < 1.29 is 9.90 Å². The quantitative estimate of drug-likeness (QED) is 0.789. The SMILES string of the molecule is CCC(CCCl)CNC(=O)c1cc(O)ccc1Cl. The van der Waals surface area contributed by atoms with Crippen molar-refractivity contribution in [3.8, 4) is 5.75 Å². The van der Waals surface area contributed by atoms with Gasteiger partial charge in [0.2, 0.25) is 0 Å². The fourth-order valence-corrected chi connectivity index (χ4v) is 2.14. The van der Waals surface area contributed by atoms with Gasteiger partial charge in [0.25, 0.3) is 5.91 Å². The number of hydrogen-bond donors (Lipinski definition) is 2. The van der Waals surface area contributed by atoms with Crippen molar-refractivity contribution >= 4 is 29.1 Å². The van der Waals surface area contributed by atoms with Crippen LogP contribution in [0.25, 0.3) is 0 Å². The summed E-state index contributed by atoms with van der Waals surface area (Å²) in [5.74, 6) is 0.699. The van der Waals surface area contributed by atoms with Gasteiger partial charge >= 0.3 is 0 Å². The van der Waals surface area contributed by atoms with Crippen molar-refractivity contribution in [2.45, 2.75) is 19.8 Å². The largest absolute Gasteiger partial charge is 0.508 e. The van der Waals surface area contributed by atoms with Gasteiger partial charge in [-0.2, -0.15) is 0 Å². The van der Waals surface area contributed by atoms with E-state index in [4.69, 9.17) is 23.2 Å². The van der Waals surface area contributed by atoms with E-state index in [2.05, 4.69) is 12.2 Å². The Morgan fingerprint density at radius 1 is 1.50 bits per heavy atom. The minimum Gasteiger partial charge on any atom is -0.508 e. The van der Waals surface area contributed by atoms with Gasteiger partial charge in [-0.3, -0.25) is 4.79 Å². The molecule has 0 saturated carbocycles. The third-order valence-electron chi connectivity index (χ3n) is 2.84. The molecule has 3 nitrogen and oxygen atoms in total. The van der Waals surface area contributed by atoms with Gasteiger partial charge in [-0.15, -0.1) is 11.6 Å². The van der Waals surface area contributed by atoms with Crippen molar-refractivity contribution in [1.29, 1.82) is 0 Å². The van der Waals surface area contributed by atoms with Crippen LogP contribution in [0.5, 0.6) is 5.75 Å². The predicted molar refractivity (Wildman–Crippen MR) is 74.6 cm³/mol. The molecule has 1 unspecified atom stereocenters. The molecule has 0 aromatic heterocycles. The Hall–Kier alpha value is -0.930. The lowest BCUT2D eigenvalue weighted by Crippen LogP contribution is -2.29. The Balaban J connectivity index is 2.62. The number of rotatable bonds is 6. The monoisotopic (exact) mass is 289 g/mol. The molecule has 0 fully saturated rings. The summed E-state index contributed by atoms with van der Waals surface area (Å²) in [6, 6.07) is 4.31. The van der Waals surface area contributed by atoms with E-state index in [-0.39, 0.29) is 17.2 Å². The molecule has 5 heteroatoms. The molecular formula is C13H17Cl2NO2. The van der Waals surface area contributed by atoms with E-state index < -0.39 is 0 Å². The van der Waals surface area contributed by atoms with E-state index in [0.717, 1.165) is 12.8 Å². The van der Waals surface area contributed by atoms with Crippen LogP contribution in [0, 0.1) is 5.92 Å². The first-order valence-electron chi connectivity index (χ1n) is 5.91. The summed E-state index contributed by atoms with van der Waals surface area (Å²) in [6.45, 7) is 2.62. The standard InChI is InChI=1S/C13H17Cl2NO2/c1-2-9(5-6-14)8-16-13(18)11-7-10(17)3-4-12(11)15/h3-4,7,9,17H,2,5-6,8H2,1H3,(H,16,18). The lowest BCUT2D eigenvalue weighted by atomic mass is 10.0. The van der Waals surface area contributed by atoms with Crippen LogP contribution in [0.2, 0.25) is 5.02 Å². The van der Waals surface area contributed by atoms with E-state index in [1.54, 1.807) is 0 Å². The molecule has 100 valence electrons. The summed E-state index contributed by atoms with van der Waals surface area (Å²) in [5.41, 5.74) is 0.289. The van der Waals surface area contributed by atoms with E-state index in [1.807, 2.05) is 0 Å². The highest BCUT2D eigenvalue weighted by Gasteiger charge is 2.13. The molecule has 0 saturated heterocycles. The number of phenolic OH excluding ortho intramolecular Hbond substituents is 1. The predicted octanol–water partition coefficient (Wildman–Crippen LogP) is 3.43. The Morgan fingerprint density at radius 3 is 2.83 bits per heavy atom. The Morgan fingerprint density at radius 2 is 2.22 bits per heavy atom. The van der Waals surface area contributed by atoms with Crippen LogP contribution in [0.4, 0.5) is 0 Å². The number of amides is 1. The summed E-state index contributed by atoms with van der Waals surface area (Å²) >= 11 is 11.6. The first-order valence-corrected chi connectivity index (χ1v) is 6.82. The molecule has 0 spiro atoms. The van der Waals surface area contributed by atoms with E-state index >= 15 is 0 Å². The average Bonchev–Trinajstić information content (AvgIpc) is 2.37. The van der Waals surface area contributed by atoms with Crippen molar-refractivity contribution in [3.63, 3.8) is 0 Å². The second-order valence-electron chi connectivity index (χ2n) is 4.13. The zero-order valence-electron chi connectivity index (χ0n) is 10.2. The number of phenols is 1. The number of halogens is 2. The normalized spacial score (nSPS) is 12.2. The van der Waals surface area contributed by atoms with Crippen LogP contribution in [0.15, 0.2) is 18.2 Å². The van der Waals surface area contributed by atoms with Crippen LogP contribution in [0.3, 0.4) is 0 Å². The zero-order valence-corrected chi connectivity index (χ0v) is 11.8. The Labute approximate surface area is 117 Å². The molecule has 1 aromatic carbocycles. The van der Waals surface area contributed by atoms with E-state index in [9.17, 15) is 9.90 Å². The van der Waals surface area contributed by atoms with Crippen LogP contribution >= 0.6 is 23.2 Å². The summed E-state index contributed by atoms with van der Waals surface area (Å²) in [7, 11) is 0. The van der Waals surface area contributed by atoms with E-state index in [1.165, 1.54) is 18.2 Å². The van der Waals surface area contributed by atoms with Gasteiger partial charge in [0.1, 0.15) is 5.75 Å². The molecule has 0 heterocycles. The molecule has 0 bridgehead atoms. The average molecular weight is 290 g/mol. The number of aromatic hydroxyl groups is 1. The number of carbonyl (C=O) groups is 1. The number of hydrogen-bond acceptors (Lipinski definition) is 2. The molecule has 1 rings (SSSR count). The number of carbonyl (C=O) groups excluding carboxylic acids is 1. The molecular weight excluding hydrogens is 273 g/mol. The molecule has 0 aliphatic heterocycles. The van der Waals surface area contributed by atoms with Gasteiger partial charge in [0, 0.05) is 12.4 Å². The first kappa shape index (κ1) is 15.1. The lowest BCUT2D eigenvalue weighted by Gasteiger charge is -2.14. The third kappa shape index (κ3) is 4.39. The second-order valence-corrected chi connectivity index (χ2v) is 4.91. The van der Waals surface area contributed by atoms with Crippen molar-refractivity contribution in [1.82, 2.24) is 5.32 Å². The molecule has 1 aromatic rings. The maximum absolute atomic E-state index is 11.9. The number of nitrogens with one attached hydrogen (secondary N) is 1. The fourth-order valence-electron chi connectivity index (χ4n) is 1.62. The lowest BCUT2D eigenvalue weighted by molar-refractivity contribution is 0.0946. The molecule has 18 heavy (non-hydrogen) atoms. The van der Waals surface area contributed by atoms with Gasteiger partial charge < -0.3 is 10.4 Å². The summed E-state index contributed by atoms with van der Waals surface area (Å²) < 4.78 is 0. The van der Waals surface area contributed by atoms with Gasteiger partial charge in [0.05, 0.1) is 10.6 Å². The van der Waals surface area contributed by atoms with Gasteiger partial charge in [-0.25, -0.2) is 0 Å². The molecule has 1 amide bonds. The van der Waals surface area contributed by atoms with Crippen molar-refractivity contribution in [2.75, 3.05) is 12.4 Å². The van der Waals surface area contributed by atoms with Crippen LogP contribution in [-0.4, -0.2) is 23.4 Å². The maximum atomic E-state index is 11.9. The molecule has 1 atom stereocenters. The molecule has 0 aliphatic rings. The van der Waals surface area contributed by atoms with Gasteiger partial charge in [-0.05, 0) is 30.5 Å². The fraction of sp³-hybridized carbons (Fsp3) is 0.462. The highest BCUT2D eigenvalue weighted by atomic mass is 35.5. The summed E-state index contributed by atoms with van der Waals surface area (Å²) in [5, 5.41) is 12.5. The van der Waals surface area contributed by atoms with Crippen LogP contribution < -0.4 is 5.32 Å². The minimum absolute atomic E-state index is 0.0253. The van der Waals surface area contributed by atoms with Crippen LogP contribution in [-0.2, 0) is 0 Å². The van der Waals surface area contributed by atoms with Crippen molar-refractivity contribution in [2.24, 2.45) is 5.92 Å². The topological polar surface area (TPSA) is 49.3 Å². The molecule has 0 radical (unpaired) electrons. The van der Waals surface area contributed by atoms with Crippen molar-refractivity contribution in [3.05, 3.63) is 28.8 Å². The van der Waals surface area contributed by atoms with E-state index in [0.29, 0.717) is 23.4 Å². The number of benzene rings is 1. The molecule has 2 N–H and O–H groups in total.